The van der Waals surface area contributed by atoms with Crippen molar-refractivity contribution in [3.8, 4) is 5.75 Å². The highest BCUT2D eigenvalue weighted by Gasteiger charge is 2.01. The fraction of sp³-hybridized carbons (Fsp3) is 0.100. The molecule has 0 bridgehead atoms. The fourth-order valence-electron chi connectivity index (χ4n) is 1.32. The van der Waals surface area contributed by atoms with Gasteiger partial charge in [0.15, 0.2) is 0 Å². The Labute approximate surface area is 75.8 Å². The molecule has 0 unspecified atom stereocenters. The second-order valence-corrected chi connectivity index (χ2v) is 2.88. The van der Waals surface area contributed by atoms with Crippen molar-refractivity contribution < 1.29 is 5.11 Å². The van der Waals surface area contributed by atoms with Crippen LogP contribution in [0.15, 0.2) is 30.5 Å². The molecule has 0 radical (unpaired) electrons. The van der Waals surface area contributed by atoms with Gasteiger partial charge >= 0.3 is 0 Å². The fourth-order valence-corrected chi connectivity index (χ4v) is 1.32. The van der Waals surface area contributed by atoms with Gasteiger partial charge in [-0.2, -0.15) is 0 Å². The molecule has 3 heteroatoms. The van der Waals surface area contributed by atoms with Crippen molar-refractivity contribution in [3.63, 3.8) is 0 Å². The van der Waals surface area contributed by atoms with Crippen LogP contribution in [0, 0.1) is 0 Å². The monoisotopic (exact) mass is 174 g/mol. The first kappa shape index (κ1) is 8.01. The molecule has 3 nitrogen and oxygen atoms in total. The van der Waals surface area contributed by atoms with E-state index in [4.69, 9.17) is 5.73 Å². The smallest absolute Gasteiger partial charge is 0.120 e. The number of hydrogen-bond acceptors (Lipinski definition) is 3. The Kier molecular flexibility index (Phi) is 1.87. The molecule has 0 aliphatic heterocycles. The molecule has 2 aromatic rings. The van der Waals surface area contributed by atoms with Gasteiger partial charge in [-0.05, 0) is 18.2 Å². The average molecular weight is 174 g/mol. The number of fused-ring (bicyclic) bond motifs is 1. The van der Waals surface area contributed by atoms with Crippen LogP contribution >= 0.6 is 0 Å². The van der Waals surface area contributed by atoms with Crippen LogP contribution in [0.3, 0.4) is 0 Å². The second kappa shape index (κ2) is 3.03. The largest absolute Gasteiger partial charge is 0.508 e. The predicted octanol–water partition coefficient (Wildman–Crippen LogP) is 1.40. The van der Waals surface area contributed by atoms with E-state index in [1.54, 1.807) is 12.3 Å². The van der Waals surface area contributed by atoms with Crippen molar-refractivity contribution >= 4 is 10.9 Å². The van der Waals surface area contributed by atoms with Gasteiger partial charge in [0.05, 0.1) is 5.52 Å². The van der Waals surface area contributed by atoms with Crippen LogP contribution in [0.1, 0.15) is 5.56 Å². The first-order valence-electron chi connectivity index (χ1n) is 4.08. The van der Waals surface area contributed by atoms with Gasteiger partial charge in [-0.25, -0.2) is 0 Å². The van der Waals surface area contributed by atoms with Gasteiger partial charge in [0.25, 0.3) is 0 Å². The standard InChI is InChI=1S/C10H10N2O/c11-6-8-4-9-7(5-10(8)13)2-1-3-12-9/h1-5,13H,6,11H2. The molecule has 2 rings (SSSR count). The van der Waals surface area contributed by atoms with Crippen LogP contribution in [0.5, 0.6) is 5.75 Å². The molecule has 1 aromatic carbocycles. The molecule has 0 aliphatic carbocycles. The van der Waals surface area contributed by atoms with Gasteiger partial charge in [0.1, 0.15) is 5.75 Å². The van der Waals surface area contributed by atoms with Crippen LogP contribution in [0.4, 0.5) is 0 Å². The number of pyridine rings is 1. The lowest BCUT2D eigenvalue weighted by Crippen LogP contribution is -1.96. The number of phenolic OH excluding ortho intramolecular Hbond substituents is 1. The highest BCUT2D eigenvalue weighted by atomic mass is 16.3. The first-order chi connectivity index (χ1) is 6.31. The lowest BCUT2D eigenvalue weighted by molar-refractivity contribution is 0.469. The van der Waals surface area contributed by atoms with E-state index in [0.29, 0.717) is 6.54 Å². The van der Waals surface area contributed by atoms with Crippen LogP contribution < -0.4 is 5.73 Å². The highest BCUT2D eigenvalue weighted by molar-refractivity contribution is 5.81. The predicted molar refractivity (Wildman–Crippen MR) is 51.3 cm³/mol. The Morgan fingerprint density at radius 1 is 1.38 bits per heavy atom. The third-order valence-electron chi connectivity index (χ3n) is 2.02. The summed E-state index contributed by atoms with van der Waals surface area (Å²) < 4.78 is 0. The zero-order valence-corrected chi connectivity index (χ0v) is 7.07. The summed E-state index contributed by atoms with van der Waals surface area (Å²) in [6.07, 6.45) is 1.72. The molecule has 1 aromatic heterocycles. The van der Waals surface area contributed by atoms with Crippen molar-refractivity contribution in [1.82, 2.24) is 4.98 Å². The summed E-state index contributed by atoms with van der Waals surface area (Å²) in [5, 5.41) is 10.4. The number of hydrogen-bond donors (Lipinski definition) is 2. The van der Waals surface area contributed by atoms with E-state index >= 15 is 0 Å². The second-order valence-electron chi connectivity index (χ2n) is 2.88. The zero-order chi connectivity index (χ0) is 9.26. The highest BCUT2D eigenvalue weighted by Crippen LogP contribution is 2.22. The summed E-state index contributed by atoms with van der Waals surface area (Å²) in [6.45, 7) is 0.332. The minimum atomic E-state index is 0.239. The number of aromatic nitrogens is 1. The van der Waals surface area contributed by atoms with Gasteiger partial charge in [0, 0.05) is 23.7 Å². The molecule has 0 fully saturated rings. The minimum Gasteiger partial charge on any atom is -0.508 e. The number of nitrogens with two attached hydrogens (primary N) is 1. The van der Waals surface area contributed by atoms with Gasteiger partial charge < -0.3 is 10.8 Å². The van der Waals surface area contributed by atoms with Gasteiger partial charge in [-0.15, -0.1) is 0 Å². The topological polar surface area (TPSA) is 59.1 Å². The average Bonchev–Trinajstić information content (AvgIpc) is 2.17. The van der Waals surface area contributed by atoms with E-state index in [1.165, 1.54) is 0 Å². The van der Waals surface area contributed by atoms with E-state index in [1.807, 2.05) is 18.2 Å². The summed E-state index contributed by atoms with van der Waals surface area (Å²) in [4.78, 5) is 4.16. The van der Waals surface area contributed by atoms with Crippen molar-refractivity contribution in [2.24, 2.45) is 5.73 Å². The maximum atomic E-state index is 9.50. The molecule has 0 atom stereocenters. The summed E-state index contributed by atoms with van der Waals surface area (Å²) in [5.41, 5.74) is 7.04. The maximum absolute atomic E-state index is 9.50. The van der Waals surface area contributed by atoms with Gasteiger partial charge in [-0.1, -0.05) is 6.07 Å². The first-order valence-corrected chi connectivity index (χ1v) is 4.08. The quantitative estimate of drug-likeness (QED) is 0.687. The minimum absolute atomic E-state index is 0.239. The van der Waals surface area contributed by atoms with Gasteiger partial charge in [0.2, 0.25) is 0 Å². The molecule has 0 amide bonds. The van der Waals surface area contributed by atoms with Crippen LogP contribution in [-0.4, -0.2) is 10.1 Å². The molecule has 0 aliphatic rings. The van der Waals surface area contributed by atoms with E-state index in [0.717, 1.165) is 16.5 Å². The van der Waals surface area contributed by atoms with Crippen LogP contribution in [-0.2, 0) is 6.54 Å². The summed E-state index contributed by atoms with van der Waals surface area (Å²) in [7, 11) is 0. The lowest BCUT2D eigenvalue weighted by atomic mass is 10.1. The number of nitrogens with zero attached hydrogens (tertiary/aromatic N) is 1. The molecule has 66 valence electrons. The van der Waals surface area contributed by atoms with E-state index in [2.05, 4.69) is 4.98 Å². The Bertz CT molecular complexity index is 440. The number of benzene rings is 1. The van der Waals surface area contributed by atoms with E-state index in [9.17, 15) is 5.11 Å². The number of aromatic hydroxyl groups is 1. The molecular formula is C10H10N2O. The SMILES string of the molecule is NCc1cc2ncccc2cc1O. The maximum Gasteiger partial charge on any atom is 0.120 e. The van der Waals surface area contributed by atoms with Crippen molar-refractivity contribution in [1.29, 1.82) is 0 Å². The Morgan fingerprint density at radius 2 is 2.23 bits per heavy atom. The zero-order valence-electron chi connectivity index (χ0n) is 7.07. The molecule has 0 spiro atoms. The Hall–Kier alpha value is -1.61. The molecule has 0 saturated heterocycles. The third-order valence-corrected chi connectivity index (χ3v) is 2.02. The summed E-state index contributed by atoms with van der Waals surface area (Å²) in [6, 6.07) is 7.24. The molecule has 1 heterocycles. The summed E-state index contributed by atoms with van der Waals surface area (Å²) >= 11 is 0. The molecular weight excluding hydrogens is 164 g/mol. The Morgan fingerprint density at radius 3 is 3.00 bits per heavy atom. The molecule has 13 heavy (non-hydrogen) atoms. The van der Waals surface area contributed by atoms with E-state index < -0.39 is 0 Å². The van der Waals surface area contributed by atoms with Crippen molar-refractivity contribution in [3.05, 3.63) is 36.0 Å². The number of rotatable bonds is 1. The van der Waals surface area contributed by atoms with Gasteiger partial charge in [-0.3, -0.25) is 4.98 Å². The van der Waals surface area contributed by atoms with Crippen LogP contribution in [0.2, 0.25) is 0 Å². The number of phenols is 1. The van der Waals surface area contributed by atoms with Crippen molar-refractivity contribution in [2.45, 2.75) is 6.54 Å². The Balaban J connectivity index is 2.74. The van der Waals surface area contributed by atoms with Crippen LogP contribution in [0.25, 0.3) is 10.9 Å². The van der Waals surface area contributed by atoms with Crippen molar-refractivity contribution in [2.75, 3.05) is 0 Å². The lowest BCUT2D eigenvalue weighted by Gasteiger charge is -2.03. The summed E-state index contributed by atoms with van der Waals surface area (Å²) in [5.74, 6) is 0.239. The third kappa shape index (κ3) is 1.34. The molecule has 0 saturated carbocycles. The molecule has 3 N–H and O–H groups in total. The van der Waals surface area contributed by atoms with E-state index in [-0.39, 0.29) is 5.75 Å². The normalized spacial score (nSPS) is 10.5.